The molecule has 1 N–H and O–H groups in total. The summed E-state index contributed by atoms with van der Waals surface area (Å²) >= 11 is 0. The molecule has 26 heavy (non-hydrogen) atoms. The molecule has 1 amide bonds. The van der Waals surface area contributed by atoms with Gasteiger partial charge in [-0.25, -0.2) is 12.7 Å². The minimum absolute atomic E-state index is 0.0737. The van der Waals surface area contributed by atoms with Gasteiger partial charge in [-0.05, 0) is 75.9 Å². The van der Waals surface area contributed by atoms with E-state index in [2.05, 4.69) is 5.32 Å². The molecule has 0 aliphatic carbocycles. The van der Waals surface area contributed by atoms with E-state index in [1.54, 1.807) is 13.0 Å². The summed E-state index contributed by atoms with van der Waals surface area (Å²) in [5.74, 6) is 0.575. The fraction of sp³-hybridized carbons (Fsp3) is 0.632. The number of likely N-dealkylation sites (tertiary alicyclic amines) is 1. The highest BCUT2D eigenvalue weighted by molar-refractivity contribution is 7.89. The number of carbonyl (C=O) groups is 1. The number of amides is 1. The molecule has 2 rings (SSSR count). The van der Waals surface area contributed by atoms with Crippen molar-refractivity contribution in [1.29, 1.82) is 0 Å². The molecule has 1 fully saturated rings. The zero-order chi connectivity index (χ0) is 19.5. The molecule has 0 bridgehead atoms. The van der Waals surface area contributed by atoms with Crippen LogP contribution in [-0.4, -0.2) is 64.3 Å². The quantitative estimate of drug-likeness (QED) is 0.818. The second-order valence-electron chi connectivity index (χ2n) is 7.33. The van der Waals surface area contributed by atoms with Crippen molar-refractivity contribution in [3.63, 3.8) is 0 Å². The van der Waals surface area contributed by atoms with E-state index in [1.807, 2.05) is 18.9 Å². The SMILES string of the molecule is CNCCC1CCN(C(=O)c2cc(C)c(C)c(S(=O)(=O)N(C)C)c2)CC1. The summed E-state index contributed by atoms with van der Waals surface area (Å²) in [6.07, 6.45) is 3.13. The summed E-state index contributed by atoms with van der Waals surface area (Å²) in [5, 5.41) is 3.17. The van der Waals surface area contributed by atoms with Crippen molar-refractivity contribution in [2.45, 2.75) is 38.0 Å². The van der Waals surface area contributed by atoms with Gasteiger partial charge in [-0.3, -0.25) is 4.79 Å². The summed E-state index contributed by atoms with van der Waals surface area (Å²) in [6.45, 7) is 6.10. The van der Waals surface area contributed by atoms with Gasteiger partial charge in [0, 0.05) is 32.7 Å². The van der Waals surface area contributed by atoms with Gasteiger partial charge in [0.1, 0.15) is 0 Å². The number of hydrogen-bond donors (Lipinski definition) is 1. The summed E-state index contributed by atoms with van der Waals surface area (Å²) in [7, 11) is 1.39. The Hall–Kier alpha value is -1.44. The molecule has 1 saturated heterocycles. The van der Waals surface area contributed by atoms with E-state index in [9.17, 15) is 13.2 Å². The molecule has 1 aromatic rings. The highest BCUT2D eigenvalue weighted by atomic mass is 32.2. The van der Waals surface area contributed by atoms with Crippen LogP contribution in [0.1, 0.15) is 40.7 Å². The van der Waals surface area contributed by atoms with Crippen molar-refractivity contribution in [2.75, 3.05) is 40.8 Å². The zero-order valence-corrected chi connectivity index (χ0v) is 17.3. The molecular weight excluding hydrogens is 350 g/mol. The lowest BCUT2D eigenvalue weighted by Crippen LogP contribution is -2.39. The van der Waals surface area contributed by atoms with Crippen LogP contribution in [0.5, 0.6) is 0 Å². The smallest absolute Gasteiger partial charge is 0.253 e. The van der Waals surface area contributed by atoms with Gasteiger partial charge in [-0.1, -0.05) is 0 Å². The second-order valence-corrected chi connectivity index (χ2v) is 9.45. The van der Waals surface area contributed by atoms with Gasteiger partial charge in [0.05, 0.1) is 4.90 Å². The molecule has 0 atom stereocenters. The Bertz CT molecular complexity index is 752. The molecule has 0 spiro atoms. The van der Waals surface area contributed by atoms with Crippen LogP contribution < -0.4 is 5.32 Å². The highest BCUT2D eigenvalue weighted by Gasteiger charge is 2.27. The molecule has 7 heteroatoms. The summed E-state index contributed by atoms with van der Waals surface area (Å²) in [6, 6.07) is 3.34. The standard InChI is InChI=1S/C19H31N3O3S/c1-14-12-17(13-18(15(14)2)26(24,25)21(4)5)19(23)22-10-7-16(8-11-22)6-9-20-3/h12-13,16,20H,6-11H2,1-5H3. The number of rotatable bonds is 6. The topological polar surface area (TPSA) is 69.7 Å². The maximum Gasteiger partial charge on any atom is 0.253 e. The lowest BCUT2D eigenvalue weighted by atomic mass is 9.93. The van der Waals surface area contributed by atoms with Gasteiger partial charge in [-0.15, -0.1) is 0 Å². The number of benzene rings is 1. The lowest BCUT2D eigenvalue weighted by Gasteiger charge is -2.32. The molecule has 1 aliphatic rings. The minimum atomic E-state index is -3.58. The van der Waals surface area contributed by atoms with Gasteiger partial charge in [0.15, 0.2) is 0 Å². The largest absolute Gasteiger partial charge is 0.339 e. The van der Waals surface area contributed by atoms with Crippen molar-refractivity contribution in [1.82, 2.24) is 14.5 Å². The van der Waals surface area contributed by atoms with Crippen LogP contribution in [-0.2, 0) is 10.0 Å². The average Bonchev–Trinajstić information content (AvgIpc) is 2.61. The van der Waals surface area contributed by atoms with E-state index in [4.69, 9.17) is 0 Å². The number of aryl methyl sites for hydroxylation is 1. The van der Waals surface area contributed by atoms with E-state index in [1.165, 1.54) is 24.5 Å². The summed E-state index contributed by atoms with van der Waals surface area (Å²) < 4.78 is 26.4. The lowest BCUT2D eigenvalue weighted by molar-refractivity contribution is 0.0687. The Morgan fingerprint density at radius 1 is 1.23 bits per heavy atom. The molecule has 0 aromatic heterocycles. The van der Waals surface area contributed by atoms with Crippen LogP contribution in [0.2, 0.25) is 0 Å². The van der Waals surface area contributed by atoms with Crippen molar-refractivity contribution < 1.29 is 13.2 Å². The Balaban J connectivity index is 2.22. The monoisotopic (exact) mass is 381 g/mol. The minimum Gasteiger partial charge on any atom is -0.339 e. The van der Waals surface area contributed by atoms with Gasteiger partial charge >= 0.3 is 0 Å². The van der Waals surface area contributed by atoms with Gasteiger partial charge in [0.25, 0.3) is 5.91 Å². The third kappa shape index (κ3) is 4.45. The first-order valence-corrected chi connectivity index (χ1v) is 10.6. The first-order chi connectivity index (χ1) is 12.2. The Labute approximate surface area is 157 Å². The zero-order valence-electron chi connectivity index (χ0n) is 16.5. The number of nitrogens with one attached hydrogen (secondary N) is 1. The Morgan fingerprint density at radius 2 is 1.85 bits per heavy atom. The third-order valence-corrected chi connectivity index (χ3v) is 7.27. The fourth-order valence-electron chi connectivity index (χ4n) is 3.37. The summed E-state index contributed by atoms with van der Waals surface area (Å²) in [4.78, 5) is 15.0. The van der Waals surface area contributed by atoms with E-state index in [0.717, 1.165) is 44.5 Å². The first-order valence-electron chi connectivity index (χ1n) is 9.16. The molecule has 0 radical (unpaired) electrons. The van der Waals surface area contributed by atoms with E-state index in [0.29, 0.717) is 17.0 Å². The van der Waals surface area contributed by atoms with E-state index in [-0.39, 0.29) is 10.8 Å². The maximum absolute atomic E-state index is 12.9. The van der Waals surface area contributed by atoms with Gasteiger partial charge < -0.3 is 10.2 Å². The second kappa shape index (κ2) is 8.50. The fourth-order valence-corrected chi connectivity index (χ4v) is 4.59. The number of sulfonamides is 1. The van der Waals surface area contributed by atoms with Crippen LogP contribution in [0.4, 0.5) is 0 Å². The predicted molar refractivity (Wildman–Crippen MR) is 104 cm³/mol. The van der Waals surface area contributed by atoms with Crippen molar-refractivity contribution in [2.24, 2.45) is 5.92 Å². The molecule has 6 nitrogen and oxygen atoms in total. The third-order valence-electron chi connectivity index (χ3n) is 5.33. The molecule has 1 heterocycles. The van der Waals surface area contributed by atoms with Gasteiger partial charge in [0.2, 0.25) is 10.0 Å². The average molecular weight is 382 g/mol. The number of nitrogens with zero attached hydrogens (tertiary/aromatic N) is 2. The molecule has 0 saturated carbocycles. The maximum atomic E-state index is 12.9. The van der Waals surface area contributed by atoms with E-state index < -0.39 is 10.0 Å². The van der Waals surface area contributed by atoms with Crippen LogP contribution in [0.3, 0.4) is 0 Å². The van der Waals surface area contributed by atoms with Crippen LogP contribution >= 0.6 is 0 Å². The Kier molecular flexibility index (Phi) is 6.82. The van der Waals surface area contributed by atoms with Crippen molar-refractivity contribution in [3.8, 4) is 0 Å². The van der Waals surface area contributed by atoms with Gasteiger partial charge in [-0.2, -0.15) is 0 Å². The summed E-state index contributed by atoms with van der Waals surface area (Å²) in [5.41, 5.74) is 1.98. The van der Waals surface area contributed by atoms with Crippen LogP contribution in [0.15, 0.2) is 17.0 Å². The Morgan fingerprint density at radius 3 is 2.38 bits per heavy atom. The van der Waals surface area contributed by atoms with E-state index >= 15 is 0 Å². The number of piperidine rings is 1. The predicted octanol–water partition coefficient (Wildman–Crippen LogP) is 2.02. The molecular formula is C19H31N3O3S. The molecule has 0 unspecified atom stereocenters. The molecule has 146 valence electrons. The van der Waals surface area contributed by atoms with Crippen LogP contribution in [0.25, 0.3) is 0 Å². The number of carbonyl (C=O) groups excluding carboxylic acids is 1. The number of hydrogen-bond acceptors (Lipinski definition) is 4. The first kappa shape index (κ1) is 20.9. The normalized spacial score (nSPS) is 16.3. The molecule has 1 aromatic carbocycles. The molecule has 1 aliphatic heterocycles. The van der Waals surface area contributed by atoms with Crippen molar-refractivity contribution >= 4 is 15.9 Å². The highest BCUT2D eigenvalue weighted by Crippen LogP contribution is 2.26. The van der Waals surface area contributed by atoms with Crippen molar-refractivity contribution in [3.05, 3.63) is 28.8 Å². The van der Waals surface area contributed by atoms with Crippen LogP contribution in [0, 0.1) is 19.8 Å².